The minimum Gasteiger partial charge on any atom is -0.328 e. The number of hydrogen-bond acceptors (Lipinski definition) is 2. The van der Waals surface area contributed by atoms with Gasteiger partial charge in [0.2, 0.25) is 0 Å². The van der Waals surface area contributed by atoms with Gasteiger partial charge in [0.05, 0.1) is 11.7 Å². The second kappa shape index (κ2) is 5.31. The van der Waals surface area contributed by atoms with Crippen LogP contribution < -0.4 is 0 Å². The highest BCUT2D eigenvalue weighted by Gasteiger charge is 2.18. The van der Waals surface area contributed by atoms with Crippen molar-refractivity contribution in [2.45, 2.75) is 26.3 Å². The van der Waals surface area contributed by atoms with Gasteiger partial charge in [-0.3, -0.25) is 9.25 Å². The molecule has 1 atom stereocenters. The Balaban J connectivity index is 2.20. The van der Waals surface area contributed by atoms with Crippen LogP contribution in [0, 0.1) is 4.77 Å². The maximum absolute atomic E-state index is 5.97. The molecule has 3 aromatic rings. The normalized spacial score (nSPS) is 13.0. The predicted molar refractivity (Wildman–Crippen MR) is 88.5 cm³/mol. The standard InChI is InChI=1S/C15H17ClN4S/c1-4-12-13-14(19(3)18-12)20(15(21)17-13)9(2)10-5-7-11(16)8-6-10/h5-9H,4H2,1-3H3,(H,17,21). The van der Waals surface area contributed by atoms with Gasteiger partial charge < -0.3 is 4.98 Å². The average Bonchev–Trinajstić information content (AvgIpc) is 2.95. The Morgan fingerprint density at radius 2 is 2.00 bits per heavy atom. The lowest BCUT2D eigenvalue weighted by Gasteiger charge is -2.15. The zero-order valence-electron chi connectivity index (χ0n) is 12.2. The second-order valence-electron chi connectivity index (χ2n) is 5.15. The summed E-state index contributed by atoms with van der Waals surface area (Å²) in [6.07, 6.45) is 0.877. The first-order valence-corrected chi connectivity index (χ1v) is 7.73. The smallest absolute Gasteiger partial charge is 0.179 e. The molecule has 3 rings (SSSR count). The Labute approximate surface area is 133 Å². The third-order valence-electron chi connectivity index (χ3n) is 3.84. The van der Waals surface area contributed by atoms with Crippen LogP contribution in [0.15, 0.2) is 24.3 Å². The molecule has 2 heterocycles. The van der Waals surface area contributed by atoms with E-state index in [0.29, 0.717) is 0 Å². The number of aromatic nitrogens is 4. The van der Waals surface area contributed by atoms with Crippen molar-refractivity contribution >= 4 is 35.0 Å². The summed E-state index contributed by atoms with van der Waals surface area (Å²) in [5, 5.41) is 5.30. The summed E-state index contributed by atoms with van der Waals surface area (Å²) in [5.41, 5.74) is 4.27. The van der Waals surface area contributed by atoms with Crippen molar-refractivity contribution in [1.82, 2.24) is 19.3 Å². The van der Waals surface area contributed by atoms with Crippen LogP contribution in [-0.4, -0.2) is 19.3 Å². The van der Waals surface area contributed by atoms with E-state index in [1.54, 1.807) is 0 Å². The highest BCUT2D eigenvalue weighted by molar-refractivity contribution is 7.71. The van der Waals surface area contributed by atoms with Crippen molar-refractivity contribution in [3.63, 3.8) is 0 Å². The van der Waals surface area contributed by atoms with Crippen molar-refractivity contribution in [3.8, 4) is 0 Å². The SMILES string of the molecule is CCc1nn(C)c2c1[nH]c(=S)n2C(C)c1ccc(Cl)cc1. The molecule has 21 heavy (non-hydrogen) atoms. The van der Waals surface area contributed by atoms with Crippen LogP contribution in [0.2, 0.25) is 5.02 Å². The molecule has 1 aromatic carbocycles. The van der Waals surface area contributed by atoms with Crippen LogP contribution in [0.25, 0.3) is 11.2 Å². The molecule has 0 amide bonds. The fraction of sp³-hybridized carbons (Fsp3) is 0.333. The van der Waals surface area contributed by atoms with Gasteiger partial charge in [-0.2, -0.15) is 5.10 Å². The van der Waals surface area contributed by atoms with Crippen molar-refractivity contribution in [2.75, 3.05) is 0 Å². The summed E-state index contributed by atoms with van der Waals surface area (Å²) >= 11 is 11.5. The highest BCUT2D eigenvalue weighted by Crippen LogP contribution is 2.26. The van der Waals surface area contributed by atoms with E-state index in [4.69, 9.17) is 23.8 Å². The molecule has 1 unspecified atom stereocenters. The maximum atomic E-state index is 5.97. The molecule has 0 saturated carbocycles. The van der Waals surface area contributed by atoms with Crippen LogP contribution in [0.4, 0.5) is 0 Å². The number of aromatic amines is 1. The molecule has 0 radical (unpaired) electrons. The number of aryl methyl sites for hydroxylation is 2. The third-order valence-corrected chi connectivity index (χ3v) is 4.39. The van der Waals surface area contributed by atoms with Crippen LogP contribution >= 0.6 is 23.8 Å². The predicted octanol–water partition coefficient (Wildman–Crippen LogP) is 4.26. The summed E-state index contributed by atoms with van der Waals surface area (Å²) in [7, 11) is 1.95. The lowest BCUT2D eigenvalue weighted by Crippen LogP contribution is -2.09. The number of nitrogens with one attached hydrogen (secondary N) is 1. The first kappa shape index (κ1) is 14.4. The van der Waals surface area contributed by atoms with E-state index in [9.17, 15) is 0 Å². The number of rotatable bonds is 3. The molecular formula is C15H17ClN4S. The lowest BCUT2D eigenvalue weighted by atomic mass is 10.1. The van der Waals surface area contributed by atoms with E-state index in [0.717, 1.165) is 38.6 Å². The number of hydrogen-bond donors (Lipinski definition) is 1. The van der Waals surface area contributed by atoms with Gasteiger partial charge in [-0.1, -0.05) is 30.7 Å². The fourth-order valence-electron chi connectivity index (χ4n) is 2.73. The van der Waals surface area contributed by atoms with Gasteiger partial charge in [0.15, 0.2) is 10.4 Å². The van der Waals surface area contributed by atoms with Crippen molar-refractivity contribution in [1.29, 1.82) is 0 Å². The quantitative estimate of drug-likeness (QED) is 0.732. The Hall–Kier alpha value is -1.59. The first-order chi connectivity index (χ1) is 10.0. The minimum absolute atomic E-state index is 0.114. The Kier molecular flexibility index (Phi) is 3.63. The van der Waals surface area contributed by atoms with E-state index in [2.05, 4.69) is 28.5 Å². The second-order valence-corrected chi connectivity index (χ2v) is 5.97. The van der Waals surface area contributed by atoms with Crippen LogP contribution in [0.5, 0.6) is 0 Å². The summed E-state index contributed by atoms with van der Waals surface area (Å²) in [5.74, 6) is 0. The van der Waals surface area contributed by atoms with Gasteiger partial charge >= 0.3 is 0 Å². The Morgan fingerprint density at radius 3 is 2.62 bits per heavy atom. The van der Waals surface area contributed by atoms with Gasteiger partial charge in [-0.25, -0.2) is 0 Å². The van der Waals surface area contributed by atoms with E-state index in [1.165, 1.54) is 0 Å². The summed E-state index contributed by atoms with van der Waals surface area (Å²) in [6.45, 7) is 4.23. The molecule has 0 aliphatic carbocycles. The van der Waals surface area contributed by atoms with Gasteiger partial charge in [-0.15, -0.1) is 0 Å². The molecule has 1 N–H and O–H groups in total. The van der Waals surface area contributed by atoms with Gasteiger partial charge in [0, 0.05) is 12.1 Å². The van der Waals surface area contributed by atoms with Crippen LogP contribution in [0.3, 0.4) is 0 Å². The number of fused-ring (bicyclic) bond motifs is 1. The molecule has 0 spiro atoms. The third kappa shape index (κ3) is 2.30. The topological polar surface area (TPSA) is 38.5 Å². The Bertz CT molecular complexity index is 841. The molecule has 0 fully saturated rings. The van der Waals surface area contributed by atoms with Gasteiger partial charge in [0.25, 0.3) is 0 Å². The van der Waals surface area contributed by atoms with Crippen molar-refractivity contribution < 1.29 is 0 Å². The maximum Gasteiger partial charge on any atom is 0.179 e. The number of nitrogens with zero attached hydrogens (tertiary/aromatic N) is 3. The van der Waals surface area contributed by atoms with Gasteiger partial charge in [-0.05, 0) is 43.3 Å². The zero-order valence-corrected chi connectivity index (χ0v) is 13.8. The molecule has 4 nitrogen and oxygen atoms in total. The van der Waals surface area contributed by atoms with E-state index in [-0.39, 0.29) is 6.04 Å². The largest absolute Gasteiger partial charge is 0.328 e. The molecule has 110 valence electrons. The van der Waals surface area contributed by atoms with E-state index < -0.39 is 0 Å². The first-order valence-electron chi connectivity index (χ1n) is 6.94. The number of halogens is 1. The van der Waals surface area contributed by atoms with Crippen LogP contribution in [0.1, 0.15) is 31.1 Å². The minimum atomic E-state index is 0.114. The molecule has 0 aliphatic heterocycles. The molecule has 0 bridgehead atoms. The monoisotopic (exact) mass is 320 g/mol. The molecular weight excluding hydrogens is 304 g/mol. The Morgan fingerprint density at radius 1 is 1.33 bits per heavy atom. The fourth-order valence-corrected chi connectivity index (χ4v) is 3.21. The summed E-state index contributed by atoms with van der Waals surface area (Å²) in [6, 6.07) is 7.99. The van der Waals surface area contributed by atoms with E-state index in [1.807, 2.05) is 36.0 Å². The lowest BCUT2D eigenvalue weighted by molar-refractivity contribution is 0.619. The number of benzene rings is 1. The van der Waals surface area contributed by atoms with E-state index >= 15 is 0 Å². The molecule has 2 aromatic heterocycles. The van der Waals surface area contributed by atoms with Crippen LogP contribution in [-0.2, 0) is 13.5 Å². The number of imidazole rings is 1. The molecule has 0 aliphatic rings. The summed E-state index contributed by atoms with van der Waals surface area (Å²) in [4.78, 5) is 3.30. The number of H-pyrrole nitrogens is 1. The zero-order chi connectivity index (χ0) is 15.1. The molecule has 6 heteroatoms. The summed E-state index contributed by atoms with van der Waals surface area (Å²) < 4.78 is 4.72. The van der Waals surface area contributed by atoms with Gasteiger partial charge in [0.1, 0.15) is 5.52 Å². The average molecular weight is 321 g/mol. The highest BCUT2D eigenvalue weighted by atomic mass is 35.5. The van der Waals surface area contributed by atoms with Crippen molar-refractivity contribution in [3.05, 3.63) is 45.3 Å². The molecule has 0 saturated heterocycles. The van der Waals surface area contributed by atoms with Crippen molar-refractivity contribution in [2.24, 2.45) is 7.05 Å².